The summed E-state index contributed by atoms with van der Waals surface area (Å²) in [6.45, 7) is 6.71. The molecule has 1 aliphatic heterocycles. The van der Waals surface area contributed by atoms with Gasteiger partial charge in [-0.2, -0.15) is 0 Å². The molecule has 0 spiro atoms. The maximum Gasteiger partial charge on any atom is 0.306 e. The maximum absolute atomic E-state index is 11.5. The average Bonchev–Trinajstić information content (AvgIpc) is 2.27. The fraction of sp³-hybridized carbons (Fsp3) is 0.933. The van der Waals surface area contributed by atoms with Crippen molar-refractivity contribution in [3.63, 3.8) is 0 Å². The Labute approximate surface area is 110 Å². The van der Waals surface area contributed by atoms with Crippen molar-refractivity contribution in [2.24, 2.45) is 11.3 Å². The summed E-state index contributed by atoms with van der Waals surface area (Å²) in [4.78, 5) is 11.5. The van der Waals surface area contributed by atoms with Crippen molar-refractivity contribution in [2.75, 3.05) is 7.11 Å². The van der Waals surface area contributed by atoms with Crippen LogP contribution in [0.15, 0.2) is 0 Å². The van der Waals surface area contributed by atoms with Crippen LogP contribution in [0.1, 0.15) is 59.3 Å². The highest BCUT2D eigenvalue weighted by atomic mass is 16.6. The van der Waals surface area contributed by atoms with E-state index in [1.54, 1.807) is 7.11 Å². The van der Waals surface area contributed by atoms with E-state index in [0.29, 0.717) is 11.8 Å². The molecule has 0 amide bonds. The third-order valence-electron chi connectivity index (χ3n) is 5.15. The van der Waals surface area contributed by atoms with Crippen LogP contribution >= 0.6 is 0 Å². The van der Waals surface area contributed by atoms with Gasteiger partial charge >= 0.3 is 5.97 Å². The van der Waals surface area contributed by atoms with Gasteiger partial charge in [-0.05, 0) is 50.4 Å². The van der Waals surface area contributed by atoms with Gasteiger partial charge in [0.15, 0.2) is 0 Å². The molecule has 2 aliphatic rings. The van der Waals surface area contributed by atoms with Crippen LogP contribution in [0.4, 0.5) is 0 Å². The normalized spacial score (nSPS) is 39.0. The number of hydrogen-bond donors (Lipinski definition) is 0. The molecule has 0 aromatic carbocycles. The third kappa shape index (κ3) is 2.56. The molecule has 1 saturated heterocycles. The van der Waals surface area contributed by atoms with Gasteiger partial charge in [0.1, 0.15) is 5.60 Å². The number of methoxy groups -OCH3 is 1. The van der Waals surface area contributed by atoms with Crippen LogP contribution in [0.3, 0.4) is 0 Å². The average molecular weight is 254 g/mol. The Bertz CT molecular complexity index is 324. The second-order valence-electron chi connectivity index (χ2n) is 6.81. The van der Waals surface area contributed by atoms with Crippen LogP contribution in [-0.2, 0) is 14.3 Å². The molecule has 3 atom stereocenters. The van der Waals surface area contributed by atoms with Crippen LogP contribution in [0, 0.1) is 11.3 Å². The lowest BCUT2D eigenvalue weighted by Gasteiger charge is -2.47. The summed E-state index contributed by atoms with van der Waals surface area (Å²) in [5.74, 6) is 0.700. The van der Waals surface area contributed by atoms with Crippen molar-refractivity contribution in [1.29, 1.82) is 0 Å². The van der Waals surface area contributed by atoms with Gasteiger partial charge in [-0.25, -0.2) is 0 Å². The third-order valence-corrected chi connectivity index (χ3v) is 5.15. The van der Waals surface area contributed by atoms with E-state index in [1.807, 2.05) is 6.92 Å². The Morgan fingerprint density at radius 2 is 2.06 bits per heavy atom. The molecule has 1 unspecified atom stereocenters. The van der Waals surface area contributed by atoms with E-state index >= 15 is 0 Å². The van der Waals surface area contributed by atoms with Gasteiger partial charge in [0.05, 0.1) is 6.10 Å². The SMILES string of the molecule is COC1CCC(=O)O[C@]1(C)CC[C@@H]1CCC1(C)C. The quantitative estimate of drug-likeness (QED) is 0.722. The van der Waals surface area contributed by atoms with Gasteiger partial charge in [0.2, 0.25) is 0 Å². The lowest BCUT2D eigenvalue weighted by atomic mass is 9.60. The van der Waals surface area contributed by atoms with Gasteiger partial charge in [-0.1, -0.05) is 13.8 Å². The Morgan fingerprint density at radius 1 is 1.33 bits per heavy atom. The Kier molecular flexibility index (Phi) is 3.72. The molecule has 0 aromatic heterocycles. The van der Waals surface area contributed by atoms with Crippen molar-refractivity contribution >= 4 is 5.97 Å². The molecule has 1 heterocycles. The van der Waals surface area contributed by atoms with Crippen LogP contribution in [-0.4, -0.2) is 24.8 Å². The standard InChI is InChI=1S/C15H26O3/c1-14(2)9-7-11(14)8-10-15(3)12(17-4)5-6-13(16)18-15/h11-12H,5-10H2,1-4H3/t11-,12?,15+/m0/s1. The predicted octanol–water partition coefficient (Wildman–Crippen LogP) is 3.31. The molecule has 104 valence electrons. The van der Waals surface area contributed by atoms with E-state index in [0.717, 1.165) is 25.2 Å². The zero-order valence-electron chi connectivity index (χ0n) is 12.1. The highest BCUT2D eigenvalue weighted by Gasteiger charge is 2.45. The number of cyclic esters (lactones) is 1. The van der Waals surface area contributed by atoms with E-state index in [4.69, 9.17) is 9.47 Å². The summed E-state index contributed by atoms with van der Waals surface area (Å²) in [6, 6.07) is 0. The van der Waals surface area contributed by atoms with Gasteiger partial charge in [0, 0.05) is 13.5 Å². The number of ether oxygens (including phenoxy) is 2. The highest BCUT2D eigenvalue weighted by molar-refractivity contribution is 5.71. The van der Waals surface area contributed by atoms with Crippen LogP contribution in [0.25, 0.3) is 0 Å². The van der Waals surface area contributed by atoms with E-state index in [1.165, 1.54) is 12.8 Å². The topological polar surface area (TPSA) is 35.5 Å². The number of esters is 1. The number of carbonyl (C=O) groups excluding carboxylic acids is 1. The minimum atomic E-state index is -0.421. The van der Waals surface area contributed by atoms with E-state index in [-0.39, 0.29) is 12.1 Å². The predicted molar refractivity (Wildman–Crippen MR) is 70.3 cm³/mol. The van der Waals surface area contributed by atoms with Crippen molar-refractivity contribution < 1.29 is 14.3 Å². The van der Waals surface area contributed by atoms with Crippen molar-refractivity contribution in [1.82, 2.24) is 0 Å². The lowest BCUT2D eigenvalue weighted by Crippen LogP contribution is -2.49. The summed E-state index contributed by atoms with van der Waals surface area (Å²) in [7, 11) is 1.72. The second kappa shape index (κ2) is 4.84. The summed E-state index contributed by atoms with van der Waals surface area (Å²) in [6.07, 6.45) is 6.03. The second-order valence-corrected chi connectivity index (χ2v) is 6.81. The molecule has 0 bridgehead atoms. The Balaban J connectivity index is 1.94. The molecule has 2 rings (SSSR count). The molecule has 0 radical (unpaired) electrons. The molecule has 1 aliphatic carbocycles. The summed E-state index contributed by atoms with van der Waals surface area (Å²) in [5, 5.41) is 0. The number of carbonyl (C=O) groups is 1. The minimum absolute atomic E-state index is 0.0541. The molecule has 1 saturated carbocycles. The van der Waals surface area contributed by atoms with Crippen LogP contribution < -0.4 is 0 Å². The molecule has 0 N–H and O–H groups in total. The molecule has 3 heteroatoms. The Morgan fingerprint density at radius 3 is 2.56 bits per heavy atom. The summed E-state index contributed by atoms with van der Waals surface area (Å²) >= 11 is 0. The first-order chi connectivity index (χ1) is 8.37. The number of rotatable bonds is 4. The van der Waals surface area contributed by atoms with Crippen molar-refractivity contribution in [2.45, 2.75) is 71.0 Å². The first kappa shape index (κ1) is 13.9. The lowest BCUT2D eigenvalue weighted by molar-refractivity contribution is -0.189. The van der Waals surface area contributed by atoms with Gasteiger partial charge in [0.25, 0.3) is 0 Å². The minimum Gasteiger partial charge on any atom is -0.457 e. The number of hydrogen-bond acceptors (Lipinski definition) is 3. The first-order valence-corrected chi connectivity index (χ1v) is 7.12. The smallest absolute Gasteiger partial charge is 0.306 e. The van der Waals surface area contributed by atoms with Crippen molar-refractivity contribution in [3.05, 3.63) is 0 Å². The fourth-order valence-corrected chi connectivity index (χ4v) is 3.43. The van der Waals surface area contributed by atoms with E-state index in [2.05, 4.69) is 13.8 Å². The molecular weight excluding hydrogens is 228 g/mol. The summed E-state index contributed by atoms with van der Waals surface area (Å²) in [5.41, 5.74) is 0.0490. The van der Waals surface area contributed by atoms with E-state index in [9.17, 15) is 4.79 Å². The van der Waals surface area contributed by atoms with E-state index < -0.39 is 5.60 Å². The Hall–Kier alpha value is -0.570. The largest absolute Gasteiger partial charge is 0.457 e. The molecule has 3 nitrogen and oxygen atoms in total. The summed E-state index contributed by atoms with van der Waals surface area (Å²) < 4.78 is 11.1. The fourth-order valence-electron chi connectivity index (χ4n) is 3.43. The zero-order chi connectivity index (χ0) is 13.4. The molecule has 0 aromatic rings. The van der Waals surface area contributed by atoms with Crippen molar-refractivity contribution in [3.8, 4) is 0 Å². The van der Waals surface area contributed by atoms with Gasteiger partial charge < -0.3 is 9.47 Å². The van der Waals surface area contributed by atoms with Gasteiger partial charge in [-0.3, -0.25) is 4.79 Å². The molecule has 18 heavy (non-hydrogen) atoms. The molecular formula is C15H26O3. The highest BCUT2D eigenvalue weighted by Crippen LogP contribution is 2.49. The molecule has 2 fully saturated rings. The first-order valence-electron chi connectivity index (χ1n) is 7.12. The van der Waals surface area contributed by atoms with Crippen LogP contribution in [0.2, 0.25) is 0 Å². The monoisotopic (exact) mass is 254 g/mol. The maximum atomic E-state index is 11.5. The van der Waals surface area contributed by atoms with Gasteiger partial charge in [-0.15, -0.1) is 0 Å². The van der Waals surface area contributed by atoms with Crippen LogP contribution in [0.5, 0.6) is 0 Å². The zero-order valence-corrected chi connectivity index (χ0v) is 12.1.